The highest BCUT2D eigenvalue weighted by molar-refractivity contribution is 5.66. The zero-order valence-corrected chi connectivity index (χ0v) is 16.9. The van der Waals surface area contributed by atoms with E-state index in [9.17, 15) is 5.26 Å². The summed E-state index contributed by atoms with van der Waals surface area (Å²) < 4.78 is 11.7. The van der Waals surface area contributed by atoms with Crippen LogP contribution in [-0.2, 0) is 0 Å². The molecule has 7 heteroatoms. The lowest BCUT2D eigenvalue weighted by atomic mass is 10.1. The normalized spacial score (nSPS) is 10.2. The molecule has 2 heterocycles. The van der Waals surface area contributed by atoms with Crippen molar-refractivity contribution < 1.29 is 9.15 Å². The van der Waals surface area contributed by atoms with E-state index in [1.165, 1.54) is 0 Å². The molecule has 0 aliphatic rings. The van der Waals surface area contributed by atoms with Gasteiger partial charge in [-0.05, 0) is 73.5 Å². The Morgan fingerprint density at radius 3 is 2.29 bits per heavy atom. The van der Waals surface area contributed by atoms with E-state index >= 15 is 0 Å². The number of benzene rings is 2. The van der Waals surface area contributed by atoms with Gasteiger partial charge < -0.3 is 14.5 Å². The average molecular weight is 407 g/mol. The number of aryl methyl sites for hydroxylation is 2. The summed E-state index contributed by atoms with van der Waals surface area (Å²) in [6, 6.07) is 18.3. The lowest BCUT2D eigenvalue weighted by Gasteiger charge is -2.14. The van der Waals surface area contributed by atoms with Gasteiger partial charge in [-0.15, -0.1) is 0 Å². The third kappa shape index (κ3) is 4.21. The van der Waals surface area contributed by atoms with E-state index in [4.69, 9.17) is 14.4 Å². The number of anilines is 2. The number of aromatic nitrogens is 2. The molecule has 0 saturated carbocycles. The minimum atomic E-state index is 0.317. The van der Waals surface area contributed by atoms with Gasteiger partial charge in [0.2, 0.25) is 11.8 Å². The third-order valence-corrected chi connectivity index (χ3v) is 4.60. The van der Waals surface area contributed by atoms with Crippen LogP contribution in [-0.4, -0.2) is 9.97 Å². The zero-order chi connectivity index (χ0) is 21.8. The van der Waals surface area contributed by atoms with Crippen molar-refractivity contribution in [1.29, 1.82) is 10.5 Å². The smallest absolute Gasteiger partial charge is 0.235 e. The van der Waals surface area contributed by atoms with Gasteiger partial charge in [-0.2, -0.15) is 15.5 Å². The van der Waals surface area contributed by atoms with Gasteiger partial charge in [0.05, 0.1) is 35.1 Å². The maximum Gasteiger partial charge on any atom is 0.235 e. The molecule has 31 heavy (non-hydrogen) atoms. The molecule has 0 aliphatic carbocycles. The van der Waals surface area contributed by atoms with Crippen LogP contribution in [0.5, 0.6) is 11.6 Å². The molecule has 0 fully saturated rings. The summed E-state index contributed by atoms with van der Waals surface area (Å²) in [7, 11) is 0. The molecule has 0 aliphatic heterocycles. The molecule has 4 aromatic rings. The first kappa shape index (κ1) is 19.7. The second-order valence-corrected chi connectivity index (χ2v) is 6.86. The molecule has 2 aromatic heterocycles. The Kier molecular flexibility index (Phi) is 5.33. The van der Waals surface area contributed by atoms with E-state index in [1.54, 1.807) is 61.0 Å². The monoisotopic (exact) mass is 407 g/mol. The van der Waals surface area contributed by atoms with Crippen molar-refractivity contribution in [2.75, 3.05) is 5.32 Å². The highest BCUT2D eigenvalue weighted by Gasteiger charge is 2.17. The summed E-state index contributed by atoms with van der Waals surface area (Å²) in [5.41, 5.74) is 4.11. The van der Waals surface area contributed by atoms with Gasteiger partial charge in [0.15, 0.2) is 0 Å². The van der Waals surface area contributed by atoms with Gasteiger partial charge in [-0.3, -0.25) is 0 Å². The second kappa shape index (κ2) is 8.40. The molecule has 0 amide bonds. The number of furan rings is 1. The van der Waals surface area contributed by atoms with Gasteiger partial charge in [0.25, 0.3) is 0 Å². The van der Waals surface area contributed by atoms with Gasteiger partial charge in [0, 0.05) is 11.9 Å². The molecule has 0 saturated heterocycles. The van der Waals surface area contributed by atoms with Crippen LogP contribution in [0.4, 0.5) is 11.6 Å². The van der Waals surface area contributed by atoms with Crippen LogP contribution in [0, 0.1) is 36.5 Å². The van der Waals surface area contributed by atoms with Crippen molar-refractivity contribution in [3.8, 4) is 35.1 Å². The quantitative estimate of drug-likeness (QED) is 0.456. The molecule has 7 nitrogen and oxygen atoms in total. The van der Waals surface area contributed by atoms with Crippen molar-refractivity contribution in [2.24, 2.45) is 0 Å². The fraction of sp³-hybridized carbons (Fsp3) is 0.0833. The summed E-state index contributed by atoms with van der Waals surface area (Å²) in [4.78, 5) is 8.93. The largest absolute Gasteiger partial charge is 0.464 e. The van der Waals surface area contributed by atoms with Crippen LogP contribution in [0.3, 0.4) is 0 Å². The van der Waals surface area contributed by atoms with E-state index in [2.05, 4.69) is 27.4 Å². The average Bonchev–Trinajstić information content (AvgIpc) is 3.31. The third-order valence-electron chi connectivity index (χ3n) is 4.60. The predicted octanol–water partition coefficient (Wildman–Crippen LogP) is 5.63. The van der Waals surface area contributed by atoms with Gasteiger partial charge in [-0.1, -0.05) is 0 Å². The molecular weight excluding hydrogens is 390 g/mol. The first-order chi connectivity index (χ1) is 15.1. The van der Waals surface area contributed by atoms with E-state index in [1.807, 2.05) is 13.8 Å². The Bertz CT molecular complexity index is 1290. The van der Waals surface area contributed by atoms with Crippen LogP contribution < -0.4 is 10.1 Å². The molecule has 0 spiro atoms. The van der Waals surface area contributed by atoms with Crippen molar-refractivity contribution in [3.63, 3.8) is 0 Å². The lowest BCUT2D eigenvalue weighted by molar-refractivity contribution is 0.454. The lowest BCUT2D eigenvalue weighted by Crippen LogP contribution is -2.02. The summed E-state index contributed by atoms with van der Waals surface area (Å²) in [5, 5.41) is 21.3. The minimum Gasteiger partial charge on any atom is -0.464 e. The molecule has 0 bridgehead atoms. The molecule has 2 aromatic carbocycles. The van der Waals surface area contributed by atoms with Crippen LogP contribution >= 0.6 is 0 Å². The Hall–Kier alpha value is -4.62. The fourth-order valence-electron chi connectivity index (χ4n) is 3.13. The van der Waals surface area contributed by atoms with Gasteiger partial charge in [-0.25, -0.2) is 4.98 Å². The summed E-state index contributed by atoms with van der Waals surface area (Å²) in [6.07, 6.45) is 3.20. The molecular formula is C24H17N5O2. The highest BCUT2D eigenvalue weighted by Crippen LogP contribution is 2.35. The van der Waals surface area contributed by atoms with Gasteiger partial charge in [0.1, 0.15) is 11.5 Å². The maximum absolute atomic E-state index is 9.20. The molecule has 1 N–H and O–H groups in total. The van der Waals surface area contributed by atoms with Crippen LogP contribution in [0.2, 0.25) is 0 Å². The summed E-state index contributed by atoms with van der Waals surface area (Å²) in [6.45, 7) is 3.76. The Morgan fingerprint density at radius 1 is 0.968 bits per heavy atom. The Labute approximate surface area is 179 Å². The molecule has 0 unspecified atom stereocenters. The highest BCUT2D eigenvalue weighted by atomic mass is 16.5. The molecule has 0 radical (unpaired) electrons. The topological polar surface area (TPSA) is 108 Å². The zero-order valence-electron chi connectivity index (χ0n) is 16.9. The predicted molar refractivity (Wildman–Crippen MR) is 115 cm³/mol. The number of nitrogens with zero attached hydrogens (tertiary/aromatic N) is 4. The Balaban J connectivity index is 1.73. The van der Waals surface area contributed by atoms with Crippen molar-refractivity contribution in [1.82, 2.24) is 9.97 Å². The van der Waals surface area contributed by atoms with Crippen molar-refractivity contribution in [3.05, 3.63) is 83.2 Å². The molecule has 150 valence electrons. The maximum atomic E-state index is 9.20. The van der Waals surface area contributed by atoms with E-state index in [0.717, 1.165) is 16.8 Å². The molecule has 0 atom stereocenters. The number of hydrogen-bond acceptors (Lipinski definition) is 7. The SMILES string of the molecule is Cc1cc(C#N)cc(C)c1Oc1nc(Nc2ccc(C#N)cc2)ncc1-c1ccco1. The van der Waals surface area contributed by atoms with E-state index < -0.39 is 0 Å². The molecule has 4 rings (SSSR count). The van der Waals surface area contributed by atoms with Crippen LogP contribution in [0.1, 0.15) is 22.3 Å². The summed E-state index contributed by atoms with van der Waals surface area (Å²) >= 11 is 0. The van der Waals surface area contributed by atoms with E-state index in [0.29, 0.717) is 40.0 Å². The fourth-order valence-corrected chi connectivity index (χ4v) is 3.13. The number of nitrogens with one attached hydrogen (secondary N) is 1. The van der Waals surface area contributed by atoms with Crippen molar-refractivity contribution in [2.45, 2.75) is 13.8 Å². The Morgan fingerprint density at radius 2 is 1.68 bits per heavy atom. The van der Waals surface area contributed by atoms with E-state index in [-0.39, 0.29) is 0 Å². The van der Waals surface area contributed by atoms with Crippen LogP contribution in [0.15, 0.2) is 65.4 Å². The standard InChI is InChI=1S/C24H17N5O2/c1-15-10-18(13-26)11-16(2)22(15)31-23-20(21-4-3-9-30-21)14-27-24(29-23)28-19-7-5-17(12-25)6-8-19/h3-11,14H,1-2H3,(H,27,28,29). The minimum absolute atomic E-state index is 0.317. The van der Waals surface area contributed by atoms with Gasteiger partial charge >= 0.3 is 0 Å². The van der Waals surface area contributed by atoms with Crippen molar-refractivity contribution >= 4 is 11.6 Å². The second-order valence-electron chi connectivity index (χ2n) is 6.86. The first-order valence-electron chi connectivity index (χ1n) is 9.44. The first-order valence-corrected chi connectivity index (χ1v) is 9.44. The summed E-state index contributed by atoms with van der Waals surface area (Å²) in [5.74, 6) is 1.84. The number of rotatable bonds is 5. The van der Waals surface area contributed by atoms with Crippen LogP contribution in [0.25, 0.3) is 11.3 Å². The number of ether oxygens (including phenoxy) is 1. The number of nitriles is 2. The number of hydrogen-bond donors (Lipinski definition) is 1.